The van der Waals surface area contributed by atoms with Crippen LogP contribution in [-0.4, -0.2) is 35.2 Å². The second-order valence-corrected chi connectivity index (χ2v) is 5.58. The van der Waals surface area contributed by atoms with Crippen molar-refractivity contribution in [3.8, 4) is 11.5 Å². The molecule has 0 unspecified atom stereocenters. The zero-order valence-corrected chi connectivity index (χ0v) is 13.0. The van der Waals surface area contributed by atoms with Gasteiger partial charge in [-0.3, -0.25) is 0 Å². The van der Waals surface area contributed by atoms with Gasteiger partial charge in [0.2, 0.25) is 10.0 Å². The van der Waals surface area contributed by atoms with Gasteiger partial charge >= 0.3 is 0 Å². The largest absolute Gasteiger partial charge is 0.493 e. The van der Waals surface area contributed by atoms with Crippen molar-refractivity contribution in [3.05, 3.63) is 17.9 Å². The monoisotopic (exact) mass is 328 g/mol. The Morgan fingerprint density at radius 1 is 1.30 bits per heavy atom. The lowest BCUT2D eigenvalue weighted by molar-refractivity contribution is 0.350. The number of benzene rings is 1. The van der Waals surface area contributed by atoms with Crippen LogP contribution in [0.25, 0.3) is 0 Å². The number of ether oxygens (including phenoxy) is 2. The number of sulfonamides is 1. The van der Waals surface area contributed by atoms with Crippen LogP contribution >= 0.6 is 12.4 Å². The minimum Gasteiger partial charge on any atom is -0.493 e. The van der Waals surface area contributed by atoms with E-state index in [0.717, 1.165) is 12.1 Å². The van der Waals surface area contributed by atoms with Gasteiger partial charge in [0.15, 0.2) is 11.5 Å². The van der Waals surface area contributed by atoms with Gasteiger partial charge in [-0.05, 0) is 6.92 Å². The van der Waals surface area contributed by atoms with E-state index >= 15 is 0 Å². The third-order valence-corrected chi connectivity index (χ3v) is 4.04. The zero-order chi connectivity index (χ0) is 14.6. The minimum atomic E-state index is -4.00. The molecule has 0 saturated heterocycles. The van der Waals surface area contributed by atoms with Crippen molar-refractivity contribution in [2.24, 2.45) is 5.73 Å². The molecule has 3 N–H and O–H groups in total. The van der Waals surface area contributed by atoms with Gasteiger partial charge in [0.25, 0.3) is 0 Å². The fraction of sp³-hybridized carbons (Fsp3) is 0.455. The molecule has 9 heteroatoms. The predicted molar refractivity (Wildman–Crippen MR) is 75.6 cm³/mol. The minimum absolute atomic E-state index is 0. The lowest BCUT2D eigenvalue weighted by atomic mass is 10.3. The predicted octanol–water partition coefficient (Wildman–Crippen LogP) is 0.890. The maximum atomic E-state index is 13.8. The molecule has 0 amide bonds. The molecule has 0 fully saturated rings. The van der Waals surface area contributed by atoms with Crippen LogP contribution in [0.15, 0.2) is 17.0 Å². The van der Waals surface area contributed by atoms with Gasteiger partial charge in [-0.2, -0.15) is 0 Å². The topological polar surface area (TPSA) is 90.7 Å². The second-order valence-electron chi connectivity index (χ2n) is 3.90. The third-order valence-electron chi connectivity index (χ3n) is 2.44. The Kier molecular flexibility index (Phi) is 7.21. The molecule has 0 heterocycles. The van der Waals surface area contributed by atoms with E-state index in [4.69, 9.17) is 15.2 Å². The maximum absolute atomic E-state index is 13.8. The van der Waals surface area contributed by atoms with Crippen LogP contribution in [0.3, 0.4) is 0 Å². The summed E-state index contributed by atoms with van der Waals surface area (Å²) in [6.07, 6.45) is 0. The average molecular weight is 329 g/mol. The van der Waals surface area contributed by atoms with Crippen molar-refractivity contribution in [1.29, 1.82) is 0 Å². The van der Waals surface area contributed by atoms with E-state index < -0.39 is 26.8 Å². The Morgan fingerprint density at radius 2 is 1.80 bits per heavy atom. The smallest absolute Gasteiger partial charge is 0.243 e. The highest BCUT2D eigenvalue weighted by Crippen LogP contribution is 2.31. The van der Waals surface area contributed by atoms with Crippen LogP contribution in [0.1, 0.15) is 6.92 Å². The highest BCUT2D eigenvalue weighted by atomic mass is 35.5. The first-order valence-electron chi connectivity index (χ1n) is 5.49. The van der Waals surface area contributed by atoms with Crippen LogP contribution in [0, 0.1) is 5.82 Å². The summed E-state index contributed by atoms with van der Waals surface area (Å²) < 4.78 is 49.9. The lowest BCUT2D eigenvalue weighted by Gasteiger charge is -2.14. The Hall–Kier alpha value is -1.09. The number of nitrogens with two attached hydrogens (primary N) is 1. The number of rotatable bonds is 6. The first-order valence-corrected chi connectivity index (χ1v) is 6.98. The van der Waals surface area contributed by atoms with E-state index in [1.54, 1.807) is 6.92 Å². The van der Waals surface area contributed by atoms with Crippen molar-refractivity contribution < 1.29 is 22.3 Å². The number of methoxy groups -OCH3 is 2. The van der Waals surface area contributed by atoms with E-state index in [9.17, 15) is 12.8 Å². The summed E-state index contributed by atoms with van der Waals surface area (Å²) >= 11 is 0. The van der Waals surface area contributed by atoms with Gasteiger partial charge in [0.05, 0.1) is 14.2 Å². The summed E-state index contributed by atoms with van der Waals surface area (Å²) in [5.74, 6) is -0.676. The lowest BCUT2D eigenvalue weighted by Crippen LogP contribution is -2.38. The van der Waals surface area contributed by atoms with Crippen molar-refractivity contribution in [1.82, 2.24) is 4.72 Å². The highest BCUT2D eigenvalue weighted by molar-refractivity contribution is 7.89. The molecule has 1 aromatic carbocycles. The molecule has 0 bridgehead atoms. The third kappa shape index (κ3) is 4.20. The second kappa shape index (κ2) is 7.63. The fourth-order valence-electron chi connectivity index (χ4n) is 1.42. The average Bonchev–Trinajstić information content (AvgIpc) is 2.37. The van der Waals surface area contributed by atoms with Crippen molar-refractivity contribution in [3.63, 3.8) is 0 Å². The summed E-state index contributed by atoms with van der Waals surface area (Å²) in [7, 11) is -1.33. The molecule has 20 heavy (non-hydrogen) atoms. The summed E-state index contributed by atoms with van der Waals surface area (Å²) in [6.45, 7) is 1.68. The van der Waals surface area contributed by atoms with Gasteiger partial charge < -0.3 is 15.2 Å². The number of nitrogens with one attached hydrogen (secondary N) is 1. The van der Waals surface area contributed by atoms with Crippen LogP contribution in [0.5, 0.6) is 11.5 Å². The molecule has 0 aliphatic carbocycles. The Balaban J connectivity index is 0.00000361. The number of halogens is 2. The summed E-state index contributed by atoms with van der Waals surface area (Å²) in [4.78, 5) is -0.509. The molecule has 1 aromatic rings. The summed E-state index contributed by atoms with van der Waals surface area (Å²) in [5.41, 5.74) is 5.33. The molecule has 0 aliphatic rings. The molecule has 0 aromatic heterocycles. The summed E-state index contributed by atoms with van der Waals surface area (Å²) in [6, 6.07) is 1.53. The first-order chi connectivity index (χ1) is 8.85. The molecule has 1 atom stereocenters. The van der Waals surface area contributed by atoms with Gasteiger partial charge in [0, 0.05) is 24.7 Å². The normalized spacial score (nSPS) is 12.4. The van der Waals surface area contributed by atoms with Crippen LogP contribution in [0.4, 0.5) is 4.39 Å². The molecule has 0 saturated carbocycles. The molecule has 0 radical (unpaired) electrons. The molecular formula is C11H18ClFN2O4S. The van der Waals surface area contributed by atoms with E-state index in [1.807, 2.05) is 0 Å². The molecule has 0 aliphatic heterocycles. The molecule has 116 valence electrons. The Labute approximate surface area is 123 Å². The quantitative estimate of drug-likeness (QED) is 0.809. The van der Waals surface area contributed by atoms with E-state index in [2.05, 4.69) is 4.72 Å². The van der Waals surface area contributed by atoms with E-state index in [1.165, 1.54) is 14.2 Å². The van der Waals surface area contributed by atoms with Gasteiger partial charge in [-0.15, -0.1) is 12.4 Å². The molecule has 1 rings (SSSR count). The standard InChI is InChI=1S/C11H17FN2O4S.ClH/c1-7(6-13)14-19(15,16)11-5-10(18-3)9(17-2)4-8(11)12;/h4-5,7,14H,6,13H2,1-3H3;1H/t7-;/m1./s1. The van der Waals surface area contributed by atoms with Crippen molar-refractivity contribution in [2.45, 2.75) is 17.9 Å². The maximum Gasteiger partial charge on any atom is 0.243 e. The first kappa shape index (κ1) is 18.9. The summed E-state index contributed by atoms with van der Waals surface area (Å²) in [5, 5.41) is 0. The molecule has 6 nitrogen and oxygen atoms in total. The highest BCUT2D eigenvalue weighted by Gasteiger charge is 2.23. The van der Waals surface area contributed by atoms with Crippen LogP contribution in [0.2, 0.25) is 0 Å². The van der Waals surface area contributed by atoms with Crippen molar-refractivity contribution in [2.75, 3.05) is 20.8 Å². The van der Waals surface area contributed by atoms with E-state index in [-0.39, 0.29) is 30.5 Å². The van der Waals surface area contributed by atoms with Gasteiger partial charge in [-0.25, -0.2) is 17.5 Å². The van der Waals surface area contributed by atoms with Crippen LogP contribution in [-0.2, 0) is 10.0 Å². The van der Waals surface area contributed by atoms with E-state index in [0.29, 0.717) is 0 Å². The molecular weight excluding hydrogens is 311 g/mol. The van der Waals surface area contributed by atoms with Crippen LogP contribution < -0.4 is 19.9 Å². The zero-order valence-electron chi connectivity index (χ0n) is 11.3. The van der Waals surface area contributed by atoms with Gasteiger partial charge in [-0.1, -0.05) is 0 Å². The fourth-order valence-corrected chi connectivity index (χ4v) is 2.75. The number of hydrogen-bond acceptors (Lipinski definition) is 5. The Bertz CT molecular complexity index is 554. The Morgan fingerprint density at radius 3 is 2.25 bits per heavy atom. The van der Waals surface area contributed by atoms with Crippen molar-refractivity contribution >= 4 is 22.4 Å². The molecule has 0 spiro atoms. The SMILES string of the molecule is COc1cc(F)c(S(=O)(=O)N[C@H](C)CN)cc1OC.Cl. The number of hydrogen-bond donors (Lipinski definition) is 2. The van der Waals surface area contributed by atoms with Gasteiger partial charge in [0.1, 0.15) is 10.7 Å².